The van der Waals surface area contributed by atoms with Gasteiger partial charge >= 0.3 is 6.18 Å². The number of nitro benzene ring substituents is 1. The number of benzene rings is 1. The molecule has 0 N–H and O–H groups in total. The molecule has 27 heavy (non-hydrogen) atoms. The highest BCUT2D eigenvalue weighted by atomic mass is 35.5. The lowest BCUT2D eigenvalue weighted by atomic mass is 10.2. The second kappa shape index (κ2) is 7.87. The molecule has 0 saturated heterocycles. The fourth-order valence-corrected chi connectivity index (χ4v) is 2.79. The van der Waals surface area contributed by atoms with E-state index in [2.05, 4.69) is 11.7 Å². The Labute approximate surface area is 157 Å². The molecule has 2 aromatic rings. The maximum Gasteiger partial charge on any atom is 0.434 e. The average molecular weight is 405 g/mol. The summed E-state index contributed by atoms with van der Waals surface area (Å²) < 4.78 is 45.0. The summed E-state index contributed by atoms with van der Waals surface area (Å²) in [6.07, 6.45) is -3.13. The first-order chi connectivity index (χ1) is 12.6. The van der Waals surface area contributed by atoms with Gasteiger partial charge in [0.2, 0.25) is 0 Å². The first-order valence-corrected chi connectivity index (χ1v) is 8.09. The molecule has 0 unspecified atom stereocenters. The van der Waals surface area contributed by atoms with E-state index in [9.17, 15) is 23.3 Å². The zero-order chi connectivity index (χ0) is 20.4. The maximum atomic E-state index is 13.0. The van der Waals surface area contributed by atoms with Gasteiger partial charge in [-0.2, -0.15) is 13.2 Å². The van der Waals surface area contributed by atoms with Gasteiger partial charge in [-0.1, -0.05) is 17.7 Å². The first-order valence-electron chi connectivity index (χ1n) is 7.72. The SMILES string of the molecule is C=CCN(CC)c1cc(Oc2nn(C)c(C(F)(F)F)c2Cl)ccc1[N+](=O)[O-]. The molecular weight excluding hydrogens is 389 g/mol. The summed E-state index contributed by atoms with van der Waals surface area (Å²) in [6.45, 7) is 6.18. The van der Waals surface area contributed by atoms with Crippen molar-refractivity contribution in [2.24, 2.45) is 7.05 Å². The quantitative estimate of drug-likeness (QED) is 0.376. The van der Waals surface area contributed by atoms with Gasteiger partial charge < -0.3 is 9.64 Å². The largest absolute Gasteiger partial charge is 0.436 e. The summed E-state index contributed by atoms with van der Waals surface area (Å²) in [5.41, 5.74) is -1.08. The van der Waals surface area contributed by atoms with Crippen LogP contribution in [0.25, 0.3) is 0 Å². The minimum absolute atomic E-state index is 0.0619. The van der Waals surface area contributed by atoms with Gasteiger partial charge in [0.15, 0.2) is 5.69 Å². The van der Waals surface area contributed by atoms with Crippen LogP contribution in [0.4, 0.5) is 24.5 Å². The van der Waals surface area contributed by atoms with Gasteiger partial charge in [0.1, 0.15) is 16.5 Å². The molecule has 0 aliphatic rings. The third-order valence-corrected chi connectivity index (χ3v) is 4.00. The third-order valence-electron chi connectivity index (χ3n) is 3.66. The number of likely N-dealkylation sites (N-methyl/N-ethyl adjacent to an activating group) is 1. The van der Waals surface area contributed by atoms with E-state index in [0.717, 1.165) is 7.05 Å². The van der Waals surface area contributed by atoms with Gasteiger partial charge in [-0.3, -0.25) is 14.8 Å². The molecule has 0 amide bonds. The predicted molar refractivity (Wildman–Crippen MR) is 94.5 cm³/mol. The van der Waals surface area contributed by atoms with Crippen LogP contribution in [0.2, 0.25) is 5.02 Å². The molecule has 0 spiro atoms. The second-order valence-electron chi connectivity index (χ2n) is 5.43. The highest BCUT2D eigenvalue weighted by Gasteiger charge is 2.39. The number of aryl methyl sites for hydroxylation is 1. The summed E-state index contributed by atoms with van der Waals surface area (Å²) >= 11 is 5.76. The molecule has 11 heteroatoms. The molecular formula is C16H16ClF3N4O3. The standard InChI is InChI=1S/C16H16ClF3N4O3/c1-4-8-23(5-2)12-9-10(6-7-11(12)24(25)26)27-15-13(17)14(16(18,19)20)22(3)21-15/h4,6-7,9H,1,5,8H2,2-3H3. The highest BCUT2D eigenvalue weighted by Crippen LogP contribution is 2.41. The van der Waals surface area contributed by atoms with E-state index in [0.29, 0.717) is 17.8 Å². The maximum absolute atomic E-state index is 13.0. The van der Waals surface area contributed by atoms with E-state index in [1.165, 1.54) is 18.2 Å². The summed E-state index contributed by atoms with van der Waals surface area (Å²) in [6, 6.07) is 3.82. The Kier molecular flexibility index (Phi) is 5.99. The summed E-state index contributed by atoms with van der Waals surface area (Å²) in [7, 11) is 1.09. The van der Waals surface area contributed by atoms with Crippen LogP contribution in [-0.2, 0) is 13.2 Å². The molecule has 1 aromatic heterocycles. The topological polar surface area (TPSA) is 73.4 Å². The van der Waals surface area contributed by atoms with Crippen molar-refractivity contribution in [1.82, 2.24) is 9.78 Å². The van der Waals surface area contributed by atoms with Crippen molar-refractivity contribution < 1.29 is 22.8 Å². The van der Waals surface area contributed by atoms with E-state index in [1.54, 1.807) is 17.9 Å². The zero-order valence-electron chi connectivity index (χ0n) is 14.5. The molecule has 0 aliphatic heterocycles. The summed E-state index contributed by atoms with van der Waals surface area (Å²) in [5.74, 6) is -0.384. The van der Waals surface area contributed by atoms with Crippen molar-refractivity contribution in [2.75, 3.05) is 18.0 Å². The van der Waals surface area contributed by atoms with Gasteiger partial charge in [-0.15, -0.1) is 11.7 Å². The van der Waals surface area contributed by atoms with Crippen LogP contribution in [0, 0.1) is 10.1 Å². The number of ether oxygens (including phenoxy) is 1. The van der Waals surface area contributed by atoms with Gasteiger partial charge in [-0.25, -0.2) is 0 Å². The Hall–Kier alpha value is -2.75. The number of nitro groups is 1. The molecule has 0 atom stereocenters. The number of hydrogen-bond acceptors (Lipinski definition) is 5. The molecule has 0 fully saturated rings. The Balaban J connectivity index is 2.46. The van der Waals surface area contributed by atoms with E-state index in [4.69, 9.17) is 16.3 Å². The Morgan fingerprint density at radius 3 is 2.63 bits per heavy atom. The third kappa shape index (κ3) is 4.33. The smallest absolute Gasteiger partial charge is 0.434 e. The van der Waals surface area contributed by atoms with Crippen molar-refractivity contribution in [2.45, 2.75) is 13.1 Å². The van der Waals surface area contributed by atoms with E-state index in [-0.39, 0.29) is 17.1 Å². The van der Waals surface area contributed by atoms with Crippen molar-refractivity contribution in [3.63, 3.8) is 0 Å². The van der Waals surface area contributed by atoms with E-state index < -0.39 is 27.7 Å². The Morgan fingerprint density at radius 1 is 1.48 bits per heavy atom. The highest BCUT2D eigenvalue weighted by molar-refractivity contribution is 6.32. The molecule has 0 bridgehead atoms. The van der Waals surface area contributed by atoms with Crippen LogP contribution in [0.1, 0.15) is 12.6 Å². The summed E-state index contributed by atoms with van der Waals surface area (Å²) in [4.78, 5) is 12.4. The fraction of sp³-hybridized carbons (Fsp3) is 0.312. The molecule has 7 nitrogen and oxygen atoms in total. The van der Waals surface area contributed by atoms with Crippen LogP contribution < -0.4 is 9.64 Å². The monoisotopic (exact) mass is 404 g/mol. The van der Waals surface area contributed by atoms with Gasteiger partial charge in [0.05, 0.1) is 4.92 Å². The first kappa shape index (κ1) is 20.6. The average Bonchev–Trinajstić information content (AvgIpc) is 2.85. The minimum Gasteiger partial charge on any atom is -0.436 e. The van der Waals surface area contributed by atoms with Crippen LogP contribution in [0.15, 0.2) is 30.9 Å². The van der Waals surface area contributed by atoms with Crippen LogP contribution >= 0.6 is 11.6 Å². The number of hydrogen-bond donors (Lipinski definition) is 0. The lowest BCUT2D eigenvalue weighted by molar-refractivity contribution is -0.384. The predicted octanol–water partition coefficient (Wildman–Crippen LogP) is 4.81. The number of anilines is 1. The Morgan fingerprint density at radius 2 is 2.15 bits per heavy atom. The number of nitrogens with zero attached hydrogens (tertiary/aromatic N) is 4. The molecule has 2 rings (SSSR count). The number of alkyl halides is 3. The van der Waals surface area contributed by atoms with Crippen LogP contribution in [0.3, 0.4) is 0 Å². The molecule has 146 valence electrons. The summed E-state index contributed by atoms with van der Waals surface area (Å²) in [5, 5.41) is 14.2. The molecule has 0 saturated carbocycles. The van der Waals surface area contributed by atoms with Crippen molar-refractivity contribution in [3.05, 3.63) is 51.7 Å². The van der Waals surface area contributed by atoms with Gasteiger partial charge in [0, 0.05) is 32.3 Å². The van der Waals surface area contributed by atoms with Crippen molar-refractivity contribution >= 4 is 23.0 Å². The van der Waals surface area contributed by atoms with Crippen molar-refractivity contribution in [1.29, 1.82) is 0 Å². The van der Waals surface area contributed by atoms with Gasteiger partial charge in [0.25, 0.3) is 11.6 Å². The fourth-order valence-electron chi connectivity index (χ4n) is 2.49. The molecule has 0 aliphatic carbocycles. The second-order valence-corrected chi connectivity index (χ2v) is 5.80. The molecule has 1 heterocycles. The number of rotatable bonds is 7. The van der Waals surface area contributed by atoms with Gasteiger partial charge in [-0.05, 0) is 13.0 Å². The van der Waals surface area contributed by atoms with Crippen LogP contribution in [0.5, 0.6) is 11.6 Å². The van der Waals surface area contributed by atoms with Crippen LogP contribution in [-0.4, -0.2) is 27.8 Å². The lowest BCUT2D eigenvalue weighted by Gasteiger charge is -2.21. The Bertz CT molecular complexity index is 867. The number of halogens is 4. The van der Waals surface area contributed by atoms with E-state index >= 15 is 0 Å². The van der Waals surface area contributed by atoms with E-state index in [1.807, 2.05) is 0 Å². The van der Waals surface area contributed by atoms with Crippen molar-refractivity contribution in [3.8, 4) is 11.6 Å². The molecule has 1 aromatic carbocycles. The molecule has 0 radical (unpaired) electrons. The normalized spacial score (nSPS) is 11.3. The lowest BCUT2D eigenvalue weighted by Crippen LogP contribution is -2.23. The zero-order valence-corrected chi connectivity index (χ0v) is 15.2. The number of aromatic nitrogens is 2. The minimum atomic E-state index is -4.70.